The van der Waals surface area contributed by atoms with Gasteiger partial charge in [-0.15, -0.1) is 0 Å². The minimum absolute atomic E-state index is 0.174. The minimum Gasteiger partial charge on any atom is -0.507 e. The van der Waals surface area contributed by atoms with Crippen molar-refractivity contribution in [3.63, 3.8) is 0 Å². The quantitative estimate of drug-likeness (QED) is 0.635. The number of benzene rings is 1. The standard InChI is InChI=1S/C13H13N3O5/c1-7-4-9(16-21-7)6-14-13(20)15-8-2-3-11(17)10(5-8)12(18)19/h2-5,17H,6H2,1H3,(H,18,19)(H2,14,15,20). The van der Waals surface area contributed by atoms with Crippen LogP contribution in [0.5, 0.6) is 5.75 Å². The monoisotopic (exact) mass is 291 g/mol. The van der Waals surface area contributed by atoms with Gasteiger partial charge in [-0.1, -0.05) is 5.16 Å². The maximum absolute atomic E-state index is 11.7. The van der Waals surface area contributed by atoms with Gasteiger partial charge >= 0.3 is 12.0 Å². The van der Waals surface area contributed by atoms with Crippen LogP contribution >= 0.6 is 0 Å². The second-order valence-corrected chi connectivity index (χ2v) is 4.27. The lowest BCUT2D eigenvalue weighted by molar-refractivity contribution is 0.0693. The van der Waals surface area contributed by atoms with Gasteiger partial charge in [-0.3, -0.25) is 0 Å². The van der Waals surface area contributed by atoms with Crippen LogP contribution in [-0.4, -0.2) is 27.4 Å². The summed E-state index contributed by atoms with van der Waals surface area (Å²) in [6, 6.07) is 4.90. The Bertz CT molecular complexity index is 680. The van der Waals surface area contributed by atoms with Crippen molar-refractivity contribution in [1.82, 2.24) is 10.5 Å². The van der Waals surface area contributed by atoms with Crippen molar-refractivity contribution in [2.45, 2.75) is 13.5 Å². The molecule has 0 bridgehead atoms. The molecule has 2 aromatic rings. The highest BCUT2D eigenvalue weighted by Crippen LogP contribution is 2.21. The topological polar surface area (TPSA) is 125 Å². The molecule has 8 nitrogen and oxygen atoms in total. The molecule has 1 heterocycles. The lowest BCUT2D eigenvalue weighted by Crippen LogP contribution is -2.28. The molecule has 0 saturated heterocycles. The molecule has 8 heteroatoms. The smallest absolute Gasteiger partial charge is 0.339 e. The van der Waals surface area contributed by atoms with Crippen LogP contribution in [0.15, 0.2) is 28.8 Å². The molecule has 0 aliphatic heterocycles. The van der Waals surface area contributed by atoms with Crippen molar-refractivity contribution in [3.05, 3.63) is 41.3 Å². The van der Waals surface area contributed by atoms with E-state index in [0.717, 1.165) is 6.07 Å². The van der Waals surface area contributed by atoms with Gasteiger partial charge in [0.1, 0.15) is 22.8 Å². The molecule has 21 heavy (non-hydrogen) atoms. The van der Waals surface area contributed by atoms with Crippen LogP contribution in [0, 0.1) is 6.92 Å². The summed E-state index contributed by atoms with van der Waals surface area (Å²) in [5.41, 5.74) is 0.526. The maximum atomic E-state index is 11.7. The number of aromatic carboxylic acids is 1. The number of aromatic nitrogens is 1. The molecule has 2 rings (SSSR count). The summed E-state index contributed by atoms with van der Waals surface area (Å²) in [5, 5.41) is 27.0. The third kappa shape index (κ3) is 3.72. The van der Waals surface area contributed by atoms with Gasteiger partial charge in [-0.05, 0) is 25.1 Å². The average molecular weight is 291 g/mol. The number of anilines is 1. The van der Waals surface area contributed by atoms with E-state index in [0.29, 0.717) is 11.5 Å². The number of aromatic hydroxyl groups is 1. The van der Waals surface area contributed by atoms with E-state index in [1.165, 1.54) is 12.1 Å². The van der Waals surface area contributed by atoms with Gasteiger partial charge in [0.2, 0.25) is 0 Å². The number of rotatable bonds is 4. The predicted molar refractivity (Wildman–Crippen MR) is 72.2 cm³/mol. The molecule has 110 valence electrons. The maximum Gasteiger partial charge on any atom is 0.339 e. The molecule has 2 amide bonds. The van der Waals surface area contributed by atoms with Crippen molar-refractivity contribution in [2.24, 2.45) is 0 Å². The van der Waals surface area contributed by atoms with Crippen LogP contribution in [0.4, 0.5) is 10.5 Å². The van der Waals surface area contributed by atoms with E-state index in [4.69, 9.17) is 9.63 Å². The number of aryl methyl sites for hydroxylation is 1. The fourth-order valence-corrected chi connectivity index (χ4v) is 1.63. The first-order valence-electron chi connectivity index (χ1n) is 5.99. The first-order valence-corrected chi connectivity index (χ1v) is 5.99. The molecule has 0 unspecified atom stereocenters. The second-order valence-electron chi connectivity index (χ2n) is 4.27. The molecule has 0 fully saturated rings. The number of carbonyl (C=O) groups excluding carboxylic acids is 1. The van der Waals surface area contributed by atoms with Gasteiger partial charge in [0.25, 0.3) is 0 Å². The van der Waals surface area contributed by atoms with Gasteiger partial charge in [-0.2, -0.15) is 0 Å². The lowest BCUT2D eigenvalue weighted by atomic mass is 10.2. The van der Waals surface area contributed by atoms with Crippen LogP contribution in [0.3, 0.4) is 0 Å². The number of carbonyl (C=O) groups is 2. The Labute approximate surface area is 119 Å². The van der Waals surface area contributed by atoms with Gasteiger partial charge in [0.15, 0.2) is 0 Å². The lowest BCUT2D eigenvalue weighted by Gasteiger charge is -2.08. The van der Waals surface area contributed by atoms with E-state index in [-0.39, 0.29) is 23.5 Å². The first-order chi connectivity index (χ1) is 9.95. The van der Waals surface area contributed by atoms with Crippen molar-refractivity contribution in [2.75, 3.05) is 5.32 Å². The Balaban J connectivity index is 1.96. The highest BCUT2D eigenvalue weighted by Gasteiger charge is 2.11. The van der Waals surface area contributed by atoms with E-state index in [2.05, 4.69) is 15.8 Å². The number of phenols is 1. The molecule has 1 aromatic heterocycles. The third-order valence-corrected chi connectivity index (χ3v) is 2.59. The highest BCUT2D eigenvalue weighted by molar-refractivity contribution is 5.95. The largest absolute Gasteiger partial charge is 0.507 e. The average Bonchev–Trinajstić information content (AvgIpc) is 2.84. The summed E-state index contributed by atoms with van der Waals surface area (Å²) in [7, 11) is 0. The van der Waals surface area contributed by atoms with Crippen LogP contribution in [0.1, 0.15) is 21.8 Å². The number of carboxylic acids is 1. The zero-order valence-corrected chi connectivity index (χ0v) is 11.1. The van der Waals surface area contributed by atoms with Crippen molar-refractivity contribution >= 4 is 17.7 Å². The Morgan fingerprint density at radius 1 is 1.33 bits per heavy atom. The second kappa shape index (κ2) is 5.95. The Morgan fingerprint density at radius 3 is 2.71 bits per heavy atom. The Morgan fingerprint density at radius 2 is 2.10 bits per heavy atom. The molecule has 0 atom stereocenters. The van der Waals surface area contributed by atoms with E-state index in [9.17, 15) is 14.7 Å². The molecule has 0 aliphatic rings. The van der Waals surface area contributed by atoms with Crippen LogP contribution in [0.2, 0.25) is 0 Å². The molecule has 0 spiro atoms. The van der Waals surface area contributed by atoms with Crippen LogP contribution in [-0.2, 0) is 6.54 Å². The number of hydrogen-bond donors (Lipinski definition) is 4. The van der Waals surface area contributed by atoms with Gasteiger partial charge in [0.05, 0.1) is 6.54 Å². The van der Waals surface area contributed by atoms with E-state index < -0.39 is 12.0 Å². The van der Waals surface area contributed by atoms with Crippen molar-refractivity contribution < 1.29 is 24.3 Å². The SMILES string of the molecule is Cc1cc(CNC(=O)Nc2ccc(O)c(C(=O)O)c2)no1. The van der Waals surface area contributed by atoms with Gasteiger partial charge in [-0.25, -0.2) is 9.59 Å². The van der Waals surface area contributed by atoms with Crippen molar-refractivity contribution in [3.8, 4) is 5.75 Å². The molecular weight excluding hydrogens is 278 g/mol. The molecular formula is C13H13N3O5. The highest BCUT2D eigenvalue weighted by atomic mass is 16.5. The number of hydrogen-bond acceptors (Lipinski definition) is 5. The zero-order valence-electron chi connectivity index (χ0n) is 11.1. The molecule has 4 N–H and O–H groups in total. The Hall–Kier alpha value is -3.03. The summed E-state index contributed by atoms with van der Waals surface area (Å²) >= 11 is 0. The zero-order chi connectivity index (χ0) is 15.4. The first kappa shape index (κ1) is 14.4. The number of nitrogens with zero attached hydrogens (tertiary/aromatic N) is 1. The van der Waals surface area contributed by atoms with Gasteiger partial charge in [0, 0.05) is 11.8 Å². The molecule has 1 aromatic carbocycles. The van der Waals surface area contributed by atoms with E-state index in [1.54, 1.807) is 13.0 Å². The molecule has 0 radical (unpaired) electrons. The fraction of sp³-hybridized carbons (Fsp3) is 0.154. The molecule has 0 saturated carbocycles. The number of carboxylic acid groups (broad SMARTS) is 1. The number of nitrogens with one attached hydrogen (secondary N) is 2. The predicted octanol–water partition coefficient (Wildman–Crippen LogP) is 1.71. The summed E-state index contributed by atoms with van der Waals surface area (Å²) in [4.78, 5) is 22.5. The normalized spacial score (nSPS) is 10.1. The molecule has 0 aliphatic carbocycles. The number of urea groups is 1. The van der Waals surface area contributed by atoms with Crippen LogP contribution in [0.25, 0.3) is 0 Å². The Kier molecular flexibility index (Phi) is 4.07. The summed E-state index contributed by atoms with van der Waals surface area (Å²) < 4.78 is 4.86. The van der Waals surface area contributed by atoms with Crippen LogP contribution < -0.4 is 10.6 Å². The minimum atomic E-state index is -1.28. The summed E-state index contributed by atoms with van der Waals surface area (Å²) in [5.74, 6) is -1.02. The number of amides is 2. The fourth-order valence-electron chi connectivity index (χ4n) is 1.63. The van der Waals surface area contributed by atoms with Crippen molar-refractivity contribution in [1.29, 1.82) is 0 Å². The van der Waals surface area contributed by atoms with E-state index in [1.807, 2.05) is 0 Å². The van der Waals surface area contributed by atoms with E-state index >= 15 is 0 Å². The third-order valence-electron chi connectivity index (χ3n) is 2.59. The summed E-state index contributed by atoms with van der Waals surface area (Å²) in [6.07, 6.45) is 0. The summed E-state index contributed by atoms with van der Waals surface area (Å²) in [6.45, 7) is 1.91. The van der Waals surface area contributed by atoms with Gasteiger partial charge < -0.3 is 25.4 Å².